The predicted octanol–water partition coefficient (Wildman–Crippen LogP) is 0.173. The molecule has 2 N–H and O–H groups in total. The first-order chi connectivity index (χ1) is 6.31. The molecule has 0 spiro atoms. The summed E-state index contributed by atoms with van der Waals surface area (Å²) in [6, 6.07) is 0. The van der Waals surface area contributed by atoms with Gasteiger partial charge in [-0.15, -0.1) is 0 Å². The number of unbranched alkanes of at least 4 members (excludes halogenated alkanes) is 1. The van der Waals surface area contributed by atoms with Gasteiger partial charge in [-0.05, 0) is 19.8 Å². The van der Waals surface area contributed by atoms with Gasteiger partial charge in [-0.1, -0.05) is 0 Å². The Morgan fingerprint density at radius 1 is 1.08 bits per heavy atom. The summed E-state index contributed by atoms with van der Waals surface area (Å²) >= 11 is 0. The molecule has 1 atom stereocenters. The number of hydrogen-bond donors (Lipinski definition) is 2. The first-order valence-electron chi connectivity index (χ1n) is 4.72. The van der Waals surface area contributed by atoms with E-state index in [2.05, 4.69) is 0 Å². The van der Waals surface area contributed by atoms with Gasteiger partial charge >= 0.3 is 0 Å². The van der Waals surface area contributed by atoms with Gasteiger partial charge in [-0.3, -0.25) is 0 Å². The monoisotopic (exact) mass is 192 g/mol. The molecule has 0 fully saturated rings. The summed E-state index contributed by atoms with van der Waals surface area (Å²) in [5.74, 6) is 0. The van der Waals surface area contributed by atoms with Crippen LogP contribution in [0.1, 0.15) is 19.8 Å². The SMILES string of the molecule is CC(COCCO)OCCCCO. The highest BCUT2D eigenvalue weighted by Crippen LogP contribution is 1.95. The molecule has 0 radical (unpaired) electrons. The number of aliphatic hydroxyl groups is 2. The van der Waals surface area contributed by atoms with Crippen LogP contribution >= 0.6 is 0 Å². The molecule has 0 aliphatic rings. The molecule has 1 unspecified atom stereocenters. The molecule has 0 amide bonds. The molecule has 0 heterocycles. The van der Waals surface area contributed by atoms with Crippen molar-refractivity contribution in [3.63, 3.8) is 0 Å². The fraction of sp³-hybridized carbons (Fsp3) is 1.00. The fourth-order valence-electron chi connectivity index (χ4n) is 0.860. The minimum absolute atomic E-state index is 0.0528. The van der Waals surface area contributed by atoms with Crippen LogP contribution in [0.4, 0.5) is 0 Å². The molecule has 0 bridgehead atoms. The second kappa shape index (κ2) is 9.92. The molecule has 0 aromatic heterocycles. The molecule has 4 nitrogen and oxygen atoms in total. The van der Waals surface area contributed by atoms with Gasteiger partial charge in [-0.2, -0.15) is 0 Å². The van der Waals surface area contributed by atoms with Crippen LogP contribution in [0.15, 0.2) is 0 Å². The van der Waals surface area contributed by atoms with Crippen LogP contribution in [0.5, 0.6) is 0 Å². The van der Waals surface area contributed by atoms with Crippen molar-refractivity contribution in [1.29, 1.82) is 0 Å². The van der Waals surface area contributed by atoms with Gasteiger partial charge in [0.15, 0.2) is 0 Å². The van der Waals surface area contributed by atoms with E-state index in [-0.39, 0.29) is 19.3 Å². The Morgan fingerprint density at radius 2 is 1.85 bits per heavy atom. The zero-order chi connectivity index (χ0) is 9.94. The van der Waals surface area contributed by atoms with E-state index < -0.39 is 0 Å². The van der Waals surface area contributed by atoms with Crippen molar-refractivity contribution in [2.75, 3.05) is 33.0 Å². The second-order valence-electron chi connectivity index (χ2n) is 2.91. The summed E-state index contributed by atoms with van der Waals surface area (Å²) in [6.45, 7) is 3.74. The number of aliphatic hydroxyl groups excluding tert-OH is 2. The maximum Gasteiger partial charge on any atom is 0.0780 e. The van der Waals surface area contributed by atoms with Gasteiger partial charge in [-0.25, -0.2) is 0 Å². The molecular weight excluding hydrogens is 172 g/mol. The van der Waals surface area contributed by atoms with Crippen molar-refractivity contribution in [2.45, 2.75) is 25.9 Å². The Labute approximate surface area is 79.5 Å². The Kier molecular flexibility index (Phi) is 9.80. The lowest BCUT2D eigenvalue weighted by Gasteiger charge is -2.12. The maximum atomic E-state index is 8.50. The van der Waals surface area contributed by atoms with E-state index in [9.17, 15) is 0 Å². The molecule has 0 aromatic rings. The van der Waals surface area contributed by atoms with E-state index in [1.165, 1.54) is 0 Å². The van der Waals surface area contributed by atoms with Crippen LogP contribution in [0.3, 0.4) is 0 Å². The van der Waals surface area contributed by atoms with Gasteiger partial charge in [0.05, 0.1) is 25.9 Å². The van der Waals surface area contributed by atoms with Gasteiger partial charge in [0.2, 0.25) is 0 Å². The Bertz CT molecular complexity index is 97.6. The van der Waals surface area contributed by atoms with Crippen LogP contribution in [0.25, 0.3) is 0 Å². The summed E-state index contributed by atoms with van der Waals surface area (Å²) < 4.78 is 10.5. The predicted molar refractivity (Wildman–Crippen MR) is 49.6 cm³/mol. The summed E-state index contributed by atoms with van der Waals surface area (Å²) in [5.41, 5.74) is 0. The Balaban J connectivity index is 3.05. The number of ether oxygens (including phenoxy) is 2. The fourth-order valence-corrected chi connectivity index (χ4v) is 0.860. The Morgan fingerprint density at radius 3 is 2.46 bits per heavy atom. The Hall–Kier alpha value is -0.160. The number of rotatable bonds is 9. The van der Waals surface area contributed by atoms with Crippen molar-refractivity contribution in [1.82, 2.24) is 0 Å². The van der Waals surface area contributed by atoms with Crippen molar-refractivity contribution in [3.05, 3.63) is 0 Å². The zero-order valence-electron chi connectivity index (χ0n) is 8.24. The van der Waals surface area contributed by atoms with Crippen LogP contribution in [-0.2, 0) is 9.47 Å². The number of hydrogen-bond acceptors (Lipinski definition) is 4. The minimum Gasteiger partial charge on any atom is -0.396 e. The average molecular weight is 192 g/mol. The van der Waals surface area contributed by atoms with E-state index in [0.29, 0.717) is 19.8 Å². The third kappa shape index (κ3) is 9.76. The smallest absolute Gasteiger partial charge is 0.0780 e. The topological polar surface area (TPSA) is 58.9 Å². The molecule has 0 aromatic carbocycles. The van der Waals surface area contributed by atoms with Crippen LogP contribution in [0, 0.1) is 0 Å². The van der Waals surface area contributed by atoms with Crippen molar-refractivity contribution < 1.29 is 19.7 Å². The first-order valence-corrected chi connectivity index (χ1v) is 4.72. The quantitative estimate of drug-likeness (QED) is 0.511. The van der Waals surface area contributed by atoms with Gasteiger partial charge in [0.1, 0.15) is 0 Å². The summed E-state index contributed by atoms with van der Waals surface area (Å²) in [6.07, 6.45) is 1.72. The lowest BCUT2D eigenvalue weighted by molar-refractivity contribution is -0.0162. The first kappa shape index (κ1) is 12.8. The summed E-state index contributed by atoms with van der Waals surface area (Å²) in [4.78, 5) is 0. The largest absolute Gasteiger partial charge is 0.396 e. The highest BCUT2D eigenvalue weighted by Gasteiger charge is 2.00. The maximum absolute atomic E-state index is 8.50. The lowest BCUT2D eigenvalue weighted by Crippen LogP contribution is -2.18. The second-order valence-corrected chi connectivity index (χ2v) is 2.91. The van der Waals surface area contributed by atoms with Crippen LogP contribution < -0.4 is 0 Å². The third-order valence-corrected chi connectivity index (χ3v) is 1.54. The molecule has 0 saturated heterocycles. The molecule has 80 valence electrons. The molecule has 4 heteroatoms. The normalized spacial score (nSPS) is 13.2. The van der Waals surface area contributed by atoms with E-state index in [4.69, 9.17) is 19.7 Å². The minimum atomic E-state index is 0.0528. The van der Waals surface area contributed by atoms with E-state index in [0.717, 1.165) is 12.8 Å². The van der Waals surface area contributed by atoms with Crippen LogP contribution in [-0.4, -0.2) is 49.4 Å². The molecule has 0 rings (SSSR count). The molecular formula is C9H20O4. The van der Waals surface area contributed by atoms with E-state index >= 15 is 0 Å². The van der Waals surface area contributed by atoms with E-state index in [1.807, 2.05) is 6.92 Å². The molecule has 0 aliphatic heterocycles. The highest BCUT2D eigenvalue weighted by molar-refractivity contribution is 4.47. The summed E-state index contributed by atoms with van der Waals surface area (Å²) in [7, 11) is 0. The van der Waals surface area contributed by atoms with Crippen molar-refractivity contribution in [3.8, 4) is 0 Å². The van der Waals surface area contributed by atoms with Gasteiger partial charge in [0.25, 0.3) is 0 Å². The van der Waals surface area contributed by atoms with Crippen molar-refractivity contribution in [2.24, 2.45) is 0 Å². The zero-order valence-corrected chi connectivity index (χ0v) is 8.24. The molecule has 0 aliphatic carbocycles. The van der Waals surface area contributed by atoms with Crippen molar-refractivity contribution >= 4 is 0 Å². The van der Waals surface area contributed by atoms with E-state index in [1.54, 1.807) is 0 Å². The average Bonchev–Trinajstić information content (AvgIpc) is 2.13. The van der Waals surface area contributed by atoms with Crippen LogP contribution in [0.2, 0.25) is 0 Å². The standard InChI is InChI=1S/C9H20O4/c1-9(8-12-7-5-11)13-6-3-2-4-10/h9-11H,2-8H2,1H3. The third-order valence-electron chi connectivity index (χ3n) is 1.54. The summed E-state index contributed by atoms with van der Waals surface area (Å²) in [5, 5.41) is 16.9. The molecule has 0 saturated carbocycles. The highest BCUT2D eigenvalue weighted by atomic mass is 16.5. The lowest BCUT2D eigenvalue weighted by atomic mass is 10.3. The van der Waals surface area contributed by atoms with Gasteiger partial charge < -0.3 is 19.7 Å². The van der Waals surface area contributed by atoms with Gasteiger partial charge in [0, 0.05) is 13.2 Å². The molecule has 13 heavy (non-hydrogen) atoms.